The van der Waals surface area contributed by atoms with Crippen LogP contribution < -0.4 is 4.90 Å². The smallest absolute Gasteiger partial charge is 0.261 e. The van der Waals surface area contributed by atoms with E-state index in [0.717, 1.165) is 11.6 Å². The first kappa shape index (κ1) is 15.6. The Bertz CT molecular complexity index is 720. The van der Waals surface area contributed by atoms with Crippen LogP contribution in [0.4, 0.5) is 14.5 Å². The molecule has 2 aromatic carbocycles. The topological polar surface area (TPSA) is 44.1 Å². The summed E-state index contributed by atoms with van der Waals surface area (Å²) in [6.07, 6.45) is 0.0938. The molecule has 0 spiro atoms. The van der Waals surface area contributed by atoms with Gasteiger partial charge >= 0.3 is 0 Å². The number of hydrogen-bond acceptors (Lipinski definition) is 2. The highest BCUT2D eigenvalue weighted by atomic mass is 19.2. The summed E-state index contributed by atoms with van der Waals surface area (Å²) >= 11 is 0. The largest absolute Gasteiger partial charge is 0.307 e. The summed E-state index contributed by atoms with van der Waals surface area (Å²) in [5.74, 6) is -2.92. The third kappa shape index (κ3) is 3.29. The molecule has 22 heavy (non-hydrogen) atoms. The molecule has 0 aliphatic rings. The average Bonchev–Trinajstić information content (AvgIpc) is 2.52. The number of rotatable bonds is 4. The first-order valence-corrected chi connectivity index (χ1v) is 6.74. The molecule has 5 heteroatoms. The van der Waals surface area contributed by atoms with Crippen molar-refractivity contribution >= 4 is 11.6 Å². The van der Waals surface area contributed by atoms with E-state index in [2.05, 4.69) is 0 Å². The molecule has 1 amide bonds. The molecule has 0 saturated carbocycles. The lowest BCUT2D eigenvalue weighted by Crippen LogP contribution is -2.32. The van der Waals surface area contributed by atoms with Gasteiger partial charge in [0, 0.05) is 12.2 Å². The predicted octanol–water partition coefficient (Wildman–Crippen LogP) is 3.83. The normalized spacial score (nSPS) is 10.1. The van der Waals surface area contributed by atoms with Crippen LogP contribution in [0.5, 0.6) is 0 Å². The first-order chi connectivity index (χ1) is 10.5. The number of aryl methyl sites for hydroxylation is 1. The average molecular weight is 300 g/mol. The van der Waals surface area contributed by atoms with Gasteiger partial charge in [0.2, 0.25) is 0 Å². The maximum atomic E-state index is 13.8. The highest BCUT2D eigenvalue weighted by Gasteiger charge is 2.22. The quantitative estimate of drug-likeness (QED) is 0.861. The molecule has 0 saturated heterocycles. The highest BCUT2D eigenvalue weighted by Crippen LogP contribution is 2.21. The molecule has 0 radical (unpaired) electrons. The zero-order valence-electron chi connectivity index (χ0n) is 12.0. The molecule has 0 unspecified atom stereocenters. The molecule has 0 aliphatic carbocycles. The van der Waals surface area contributed by atoms with Crippen molar-refractivity contribution < 1.29 is 13.6 Å². The van der Waals surface area contributed by atoms with Gasteiger partial charge in [0.25, 0.3) is 5.91 Å². The molecule has 0 fully saturated rings. The summed E-state index contributed by atoms with van der Waals surface area (Å²) in [6.45, 7) is 2.01. The number of nitrogens with zero attached hydrogens (tertiary/aromatic N) is 2. The Morgan fingerprint density at radius 3 is 2.50 bits per heavy atom. The Kier molecular flexibility index (Phi) is 4.84. The second-order valence-corrected chi connectivity index (χ2v) is 4.80. The van der Waals surface area contributed by atoms with Crippen molar-refractivity contribution in [1.82, 2.24) is 0 Å². The third-order valence-electron chi connectivity index (χ3n) is 3.22. The van der Waals surface area contributed by atoms with Crippen molar-refractivity contribution in [3.8, 4) is 6.07 Å². The molecule has 0 heterocycles. The molecular formula is C17H14F2N2O. The number of amides is 1. The van der Waals surface area contributed by atoms with Crippen LogP contribution >= 0.6 is 0 Å². The minimum Gasteiger partial charge on any atom is -0.307 e. The monoisotopic (exact) mass is 300 g/mol. The first-order valence-electron chi connectivity index (χ1n) is 6.74. The minimum atomic E-state index is -1.18. The lowest BCUT2D eigenvalue weighted by molar-refractivity contribution is 0.0982. The van der Waals surface area contributed by atoms with Gasteiger partial charge in [-0.15, -0.1) is 0 Å². The molecule has 0 aromatic heterocycles. The number of anilines is 1. The van der Waals surface area contributed by atoms with Crippen LogP contribution in [0.3, 0.4) is 0 Å². The van der Waals surface area contributed by atoms with E-state index in [9.17, 15) is 13.6 Å². The van der Waals surface area contributed by atoms with Gasteiger partial charge in [0.1, 0.15) is 0 Å². The van der Waals surface area contributed by atoms with Crippen LogP contribution in [0, 0.1) is 29.9 Å². The van der Waals surface area contributed by atoms with E-state index >= 15 is 0 Å². The summed E-state index contributed by atoms with van der Waals surface area (Å²) in [7, 11) is 0. The summed E-state index contributed by atoms with van der Waals surface area (Å²) in [4.78, 5) is 13.8. The molecule has 2 aromatic rings. The van der Waals surface area contributed by atoms with Crippen molar-refractivity contribution in [2.75, 3.05) is 11.4 Å². The van der Waals surface area contributed by atoms with E-state index in [0.29, 0.717) is 5.69 Å². The summed E-state index contributed by atoms with van der Waals surface area (Å²) < 4.78 is 27.1. The second-order valence-electron chi connectivity index (χ2n) is 4.80. The van der Waals surface area contributed by atoms with Crippen LogP contribution in [0.15, 0.2) is 42.5 Å². The van der Waals surface area contributed by atoms with E-state index < -0.39 is 17.5 Å². The zero-order chi connectivity index (χ0) is 16.1. The van der Waals surface area contributed by atoms with E-state index in [4.69, 9.17) is 5.26 Å². The van der Waals surface area contributed by atoms with Crippen molar-refractivity contribution in [1.29, 1.82) is 5.26 Å². The molecule has 0 bridgehead atoms. The number of benzene rings is 2. The standard InChI is InChI=1S/C17H14F2N2O/c1-12-6-8-13(9-7-12)21(11-3-10-20)17(22)14-4-2-5-15(18)16(14)19/h2,4-9H,3,11H2,1H3. The Labute approximate surface area is 127 Å². The number of carbonyl (C=O) groups is 1. The number of nitriles is 1. The number of halogens is 2. The SMILES string of the molecule is Cc1ccc(N(CCC#N)C(=O)c2cccc(F)c2F)cc1. The van der Waals surface area contributed by atoms with Gasteiger partial charge in [0.05, 0.1) is 18.1 Å². The third-order valence-corrected chi connectivity index (χ3v) is 3.22. The molecule has 0 aliphatic heterocycles. The molecule has 0 atom stereocenters. The Hall–Kier alpha value is -2.74. The van der Waals surface area contributed by atoms with Gasteiger partial charge in [-0.1, -0.05) is 23.8 Å². The maximum absolute atomic E-state index is 13.8. The van der Waals surface area contributed by atoms with Crippen LogP contribution in [0.25, 0.3) is 0 Å². The minimum absolute atomic E-state index is 0.0938. The lowest BCUT2D eigenvalue weighted by atomic mass is 10.1. The van der Waals surface area contributed by atoms with E-state index in [1.54, 1.807) is 12.1 Å². The summed E-state index contributed by atoms with van der Waals surface area (Å²) in [6, 6.07) is 12.5. The second kappa shape index (κ2) is 6.81. The molecule has 0 N–H and O–H groups in total. The lowest BCUT2D eigenvalue weighted by Gasteiger charge is -2.22. The molecule has 2 rings (SSSR count). The zero-order valence-corrected chi connectivity index (χ0v) is 12.0. The van der Waals surface area contributed by atoms with Crippen molar-refractivity contribution in [2.45, 2.75) is 13.3 Å². The highest BCUT2D eigenvalue weighted by molar-refractivity contribution is 6.06. The Morgan fingerprint density at radius 1 is 1.18 bits per heavy atom. The number of carbonyl (C=O) groups excluding carboxylic acids is 1. The fourth-order valence-electron chi connectivity index (χ4n) is 2.05. The van der Waals surface area contributed by atoms with Crippen LogP contribution in [0.2, 0.25) is 0 Å². The van der Waals surface area contributed by atoms with E-state index in [1.165, 1.54) is 17.0 Å². The molecule has 112 valence electrons. The van der Waals surface area contributed by atoms with Crippen molar-refractivity contribution in [3.63, 3.8) is 0 Å². The fourth-order valence-corrected chi connectivity index (χ4v) is 2.05. The summed E-state index contributed by atoms with van der Waals surface area (Å²) in [5, 5.41) is 8.74. The van der Waals surface area contributed by atoms with Gasteiger partial charge in [-0.2, -0.15) is 5.26 Å². The Balaban J connectivity index is 2.40. The van der Waals surface area contributed by atoms with E-state index in [-0.39, 0.29) is 18.5 Å². The fraction of sp³-hybridized carbons (Fsp3) is 0.176. The van der Waals surface area contributed by atoms with Gasteiger partial charge < -0.3 is 4.90 Å². The van der Waals surface area contributed by atoms with Crippen LogP contribution in [0.1, 0.15) is 22.3 Å². The van der Waals surface area contributed by atoms with Crippen molar-refractivity contribution in [3.05, 3.63) is 65.2 Å². The van der Waals surface area contributed by atoms with Gasteiger partial charge in [-0.25, -0.2) is 8.78 Å². The Morgan fingerprint density at radius 2 is 1.86 bits per heavy atom. The summed E-state index contributed by atoms with van der Waals surface area (Å²) in [5.41, 5.74) is 1.20. The number of hydrogen-bond donors (Lipinski definition) is 0. The van der Waals surface area contributed by atoms with Crippen LogP contribution in [-0.4, -0.2) is 12.5 Å². The van der Waals surface area contributed by atoms with E-state index in [1.807, 2.05) is 25.1 Å². The van der Waals surface area contributed by atoms with Gasteiger partial charge in [-0.3, -0.25) is 4.79 Å². The van der Waals surface area contributed by atoms with Gasteiger partial charge in [0.15, 0.2) is 11.6 Å². The molecular weight excluding hydrogens is 286 g/mol. The molecule has 3 nitrogen and oxygen atoms in total. The maximum Gasteiger partial charge on any atom is 0.261 e. The van der Waals surface area contributed by atoms with Crippen molar-refractivity contribution in [2.24, 2.45) is 0 Å². The predicted molar refractivity (Wildman–Crippen MR) is 79.4 cm³/mol. The van der Waals surface area contributed by atoms with Crippen LogP contribution in [-0.2, 0) is 0 Å². The van der Waals surface area contributed by atoms with Gasteiger partial charge in [-0.05, 0) is 31.2 Å².